The van der Waals surface area contributed by atoms with Crippen molar-refractivity contribution in [3.05, 3.63) is 203 Å². The number of esters is 4. The van der Waals surface area contributed by atoms with Crippen molar-refractivity contribution in [2.45, 2.75) is 77.0 Å². The van der Waals surface area contributed by atoms with E-state index in [1.54, 1.807) is 60.7 Å². The number of benzene rings is 8. The third-order valence-electron chi connectivity index (χ3n) is 14.3. The van der Waals surface area contributed by atoms with Gasteiger partial charge in [-0.2, -0.15) is 0 Å². The number of fused-ring (bicyclic) bond motifs is 2. The molecule has 10 rings (SSSR count). The van der Waals surface area contributed by atoms with E-state index in [0.717, 1.165) is 59.1 Å². The summed E-state index contributed by atoms with van der Waals surface area (Å²) in [5.74, 6) is 1.44. The molecular weight excluding hydrogens is 873 g/mol. The normalized spacial score (nSPS) is 17.9. The van der Waals surface area contributed by atoms with E-state index in [9.17, 15) is 19.2 Å². The summed E-state index contributed by atoms with van der Waals surface area (Å²) in [6, 6.07) is 50.6. The van der Waals surface area contributed by atoms with Gasteiger partial charge in [0.05, 0.1) is 22.3 Å². The summed E-state index contributed by atoms with van der Waals surface area (Å²) in [6.45, 7) is 4.61. The van der Waals surface area contributed by atoms with Gasteiger partial charge in [0.2, 0.25) is 0 Å². The van der Waals surface area contributed by atoms with E-state index in [2.05, 4.69) is 13.8 Å². The van der Waals surface area contributed by atoms with E-state index in [0.29, 0.717) is 45.6 Å². The predicted octanol–water partition coefficient (Wildman–Crippen LogP) is 15.1. The van der Waals surface area contributed by atoms with Gasteiger partial charge in [0.1, 0.15) is 23.0 Å². The Morgan fingerprint density at radius 2 is 0.657 bits per heavy atom. The second-order valence-electron chi connectivity index (χ2n) is 19.1. The number of hydrogen-bond donors (Lipinski definition) is 0. The van der Waals surface area contributed by atoms with Gasteiger partial charge in [0.25, 0.3) is 0 Å². The standard InChI is InChI=1S/C62H54O8/c1-39-11-15-41(16-12-39)43-19-23-47(24-20-43)59(63)67-51-33-27-49(28-34-51)61(65)69-55-37-31-45-7-3-5-9-53(45)57(55)58-54-10-6-4-8-46(54)32-38-56(58)70-62(66)50-29-35-52(36-30-50)68-60(64)48-25-21-44(22-26-48)42-17-13-40(2)14-18-42/h3-10,19-42H,11-18H2,1-2H3. The van der Waals surface area contributed by atoms with Gasteiger partial charge in [0.15, 0.2) is 0 Å². The van der Waals surface area contributed by atoms with Crippen molar-refractivity contribution in [1.29, 1.82) is 0 Å². The van der Waals surface area contributed by atoms with Crippen LogP contribution in [0.15, 0.2) is 170 Å². The van der Waals surface area contributed by atoms with Crippen LogP contribution < -0.4 is 18.9 Å². The average molecular weight is 927 g/mol. The first-order chi connectivity index (χ1) is 34.1. The topological polar surface area (TPSA) is 105 Å². The SMILES string of the molecule is CC1CCC(c2ccc(C(=O)Oc3ccc(C(=O)Oc4ccc5ccccc5c4-c4c(OC(=O)c5ccc(OC(=O)c6ccc(C7CCC(C)CC7)cc6)cc5)ccc5ccccc45)cc3)cc2)CC1. The van der Waals surface area contributed by atoms with E-state index >= 15 is 0 Å². The fraction of sp³-hybridized carbons (Fsp3) is 0.226. The molecule has 8 nitrogen and oxygen atoms in total. The Morgan fingerprint density at radius 3 is 1.01 bits per heavy atom. The molecule has 350 valence electrons. The van der Waals surface area contributed by atoms with Crippen molar-refractivity contribution in [2.24, 2.45) is 11.8 Å². The van der Waals surface area contributed by atoms with Crippen molar-refractivity contribution in [3.63, 3.8) is 0 Å². The van der Waals surface area contributed by atoms with Crippen molar-refractivity contribution in [3.8, 4) is 34.1 Å². The molecule has 0 unspecified atom stereocenters. The van der Waals surface area contributed by atoms with Gasteiger partial charge in [-0.15, -0.1) is 0 Å². The van der Waals surface area contributed by atoms with Crippen LogP contribution in [0.25, 0.3) is 32.7 Å². The highest BCUT2D eigenvalue weighted by molar-refractivity contribution is 6.11. The molecule has 2 fully saturated rings. The second kappa shape index (κ2) is 20.4. The summed E-state index contributed by atoms with van der Waals surface area (Å²) in [5, 5.41) is 3.31. The monoisotopic (exact) mass is 926 g/mol. The molecule has 0 atom stereocenters. The number of hydrogen-bond acceptors (Lipinski definition) is 8. The van der Waals surface area contributed by atoms with Crippen molar-refractivity contribution in [2.75, 3.05) is 0 Å². The Balaban J connectivity index is 0.861. The molecule has 2 aliphatic carbocycles. The first kappa shape index (κ1) is 45.9. The predicted molar refractivity (Wildman–Crippen MR) is 273 cm³/mol. The van der Waals surface area contributed by atoms with Gasteiger partial charge in [-0.1, -0.05) is 124 Å². The van der Waals surface area contributed by atoms with E-state index < -0.39 is 23.9 Å². The van der Waals surface area contributed by atoms with Gasteiger partial charge in [-0.3, -0.25) is 0 Å². The molecule has 0 amide bonds. The minimum Gasteiger partial charge on any atom is -0.423 e. The molecular formula is C62H54O8. The lowest BCUT2D eigenvalue weighted by molar-refractivity contribution is 0.0719. The third kappa shape index (κ3) is 10.1. The summed E-state index contributed by atoms with van der Waals surface area (Å²) in [7, 11) is 0. The van der Waals surface area contributed by atoms with Gasteiger partial charge in [0, 0.05) is 11.1 Å². The smallest absolute Gasteiger partial charge is 0.343 e. The lowest BCUT2D eigenvalue weighted by Gasteiger charge is -2.26. The lowest BCUT2D eigenvalue weighted by Crippen LogP contribution is -2.12. The molecule has 8 aromatic rings. The van der Waals surface area contributed by atoms with Crippen LogP contribution in [-0.2, 0) is 0 Å². The van der Waals surface area contributed by atoms with Crippen LogP contribution in [0.5, 0.6) is 23.0 Å². The molecule has 0 spiro atoms. The first-order valence-electron chi connectivity index (χ1n) is 24.5. The lowest BCUT2D eigenvalue weighted by atomic mass is 9.79. The minimum absolute atomic E-state index is 0.242. The summed E-state index contributed by atoms with van der Waals surface area (Å²) < 4.78 is 23.9. The van der Waals surface area contributed by atoms with Crippen LogP contribution in [0.4, 0.5) is 0 Å². The molecule has 0 heterocycles. The molecule has 0 radical (unpaired) electrons. The fourth-order valence-electron chi connectivity index (χ4n) is 10.1. The molecule has 0 N–H and O–H groups in total. The maximum Gasteiger partial charge on any atom is 0.343 e. The van der Waals surface area contributed by atoms with Crippen LogP contribution in [0.3, 0.4) is 0 Å². The Hall–Kier alpha value is -7.84. The first-order valence-corrected chi connectivity index (χ1v) is 24.5. The zero-order valence-electron chi connectivity index (χ0n) is 39.4. The fourth-order valence-corrected chi connectivity index (χ4v) is 10.1. The molecule has 0 aliphatic heterocycles. The summed E-state index contributed by atoms with van der Waals surface area (Å²) in [4.78, 5) is 54.3. The van der Waals surface area contributed by atoms with Gasteiger partial charge in [-0.05, 0) is 167 Å². The van der Waals surface area contributed by atoms with Crippen LogP contribution >= 0.6 is 0 Å². The Kier molecular flexibility index (Phi) is 13.4. The number of ether oxygens (including phenoxy) is 4. The van der Waals surface area contributed by atoms with Gasteiger partial charge in [-0.25, -0.2) is 19.2 Å². The molecule has 70 heavy (non-hydrogen) atoms. The highest BCUT2D eigenvalue weighted by atomic mass is 16.5. The maximum absolute atomic E-state index is 14.0. The summed E-state index contributed by atoms with van der Waals surface area (Å²) in [5.41, 5.74) is 5.02. The zero-order chi connectivity index (χ0) is 48.1. The van der Waals surface area contributed by atoms with Crippen LogP contribution in [0, 0.1) is 11.8 Å². The van der Waals surface area contributed by atoms with Gasteiger partial charge >= 0.3 is 23.9 Å². The zero-order valence-corrected chi connectivity index (χ0v) is 39.4. The molecule has 8 heteroatoms. The number of rotatable bonds is 11. The highest BCUT2D eigenvalue weighted by Crippen LogP contribution is 2.46. The molecule has 0 aromatic heterocycles. The molecule has 2 saturated carbocycles. The number of carbonyl (C=O) groups is 4. The average Bonchev–Trinajstić information content (AvgIpc) is 3.39. The van der Waals surface area contributed by atoms with Crippen LogP contribution in [0.2, 0.25) is 0 Å². The molecule has 0 saturated heterocycles. The van der Waals surface area contributed by atoms with Crippen molar-refractivity contribution >= 4 is 45.4 Å². The molecule has 8 aromatic carbocycles. The van der Waals surface area contributed by atoms with E-state index in [4.69, 9.17) is 18.9 Å². The van der Waals surface area contributed by atoms with Gasteiger partial charge < -0.3 is 18.9 Å². The van der Waals surface area contributed by atoms with Crippen LogP contribution in [0.1, 0.15) is 130 Å². The summed E-state index contributed by atoms with van der Waals surface area (Å²) >= 11 is 0. The summed E-state index contributed by atoms with van der Waals surface area (Å²) in [6.07, 6.45) is 9.54. The largest absolute Gasteiger partial charge is 0.423 e. The molecule has 0 bridgehead atoms. The Labute approximate surface area is 408 Å². The highest BCUT2D eigenvalue weighted by Gasteiger charge is 2.25. The maximum atomic E-state index is 14.0. The van der Waals surface area contributed by atoms with Crippen molar-refractivity contribution < 1.29 is 38.1 Å². The van der Waals surface area contributed by atoms with Crippen LogP contribution in [-0.4, -0.2) is 23.9 Å². The Morgan fingerprint density at radius 1 is 0.343 bits per heavy atom. The number of carbonyl (C=O) groups excluding carboxylic acids is 4. The third-order valence-corrected chi connectivity index (χ3v) is 14.3. The Bertz CT molecular complexity index is 2970. The van der Waals surface area contributed by atoms with E-state index in [1.807, 2.05) is 109 Å². The molecule has 2 aliphatic rings. The van der Waals surface area contributed by atoms with Crippen molar-refractivity contribution in [1.82, 2.24) is 0 Å². The van der Waals surface area contributed by atoms with E-state index in [-0.39, 0.29) is 22.6 Å². The quantitative estimate of drug-likeness (QED) is 0.0933. The second-order valence-corrected chi connectivity index (χ2v) is 19.1. The van der Waals surface area contributed by atoms with E-state index in [1.165, 1.54) is 36.8 Å². The minimum atomic E-state index is -0.632.